The van der Waals surface area contributed by atoms with E-state index in [9.17, 15) is 0 Å². The van der Waals surface area contributed by atoms with E-state index in [1.807, 2.05) is 12.1 Å². The Kier molecular flexibility index (Phi) is 4.15. The van der Waals surface area contributed by atoms with Gasteiger partial charge >= 0.3 is 0 Å². The minimum absolute atomic E-state index is 0.212. The molecule has 0 spiro atoms. The molecular weight excluding hydrogens is 250 g/mol. The Balaban J connectivity index is 2.57. The van der Waals surface area contributed by atoms with Gasteiger partial charge in [-0.25, -0.2) is 0 Å². The molecule has 1 heterocycles. The maximum absolute atomic E-state index is 8.96. The van der Waals surface area contributed by atoms with Crippen LogP contribution in [-0.4, -0.2) is 23.4 Å². The molecule has 3 nitrogen and oxygen atoms in total. The quantitative estimate of drug-likeness (QED) is 0.902. The van der Waals surface area contributed by atoms with Gasteiger partial charge in [0, 0.05) is 24.7 Å². The first-order valence-electron chi connectivity index (χ1n) is 6.17. The molecule has 0 saturated carbocycles. The second-order valence-electron chi connectivity index (χ2n) is 4.27. The highest BCUT2D eigenvalue weighted by molar-refractivity contribution is 6.32. The van der Waals surface area contributed by atoms with Crippen molar-refractivity contribution >= 4 is 22.5 Å². The van der Waals surface area contributed by atoms with Crippen LogP contribution in [0.5, 0.6) is 5.75 Å². The van der Waals surface area contributed by atoms with Gasteiger partial charge in [0.2, 0.25) is 0 Å². The fraction of sp³-hybridized carbons (Fsp3) is 0.429. The summed E-state index contributed by atoms with van der Waals surface area (Å²) in [6.45, 7) is 3.22. The van der Waals surface area contributed by atoms with Crippen molar-refractivity contribution in [2.24, 2.45) is 0 Å². The van der Waals surface area contributed by atoms with Crippen LogP contribution in [0.15, 0.2) is 18.3 Å². The number of ether oxygens (including phenoxy) is 1. The molecule has 0 fully saturated rings. The molecular formula is C14H18ClNO2. The fourth-order valence-corrected chi connectivity index (χ4v) is 2.49. The minimum Gasteiger partial charge on any atom is -0.495 e. The lowest BCUT2D eigenvalue weighted by molar-refractivity contribution is 0.288. The van der Waals surface area contributed by atoms with Crippen LogP contribution in [0, 0.1) is 0 Å². The molecule has 0 unspecified atom stereocenters. The number of aryl methyl sites for hydroxylation is 2. The molecule has 0 bridgehead atoms. The number of hydrogen-bond acceptors (Lipinski definition) is 2. The molecule has 18 heavy (non-hydrogen) atoms. The molecule has 1 aromatic heterocycles. The zero-order chi connectivity index (χ0) is 13.1. The van der Waals surface area contributed by atoms with Gasteiger partial charge in [0.1, 0.15) is 5.75 Å². The lowest BCUT2D eigenvalue weighted by atomic mass is 10.1. The molecule has 0 aliphatic carbocycles. The number of methoxy groups -OCH3 is 1. The number of halogens is 1. The molecule has 0 atom stereocenters. The van der Waals surface area contributed by atoms with E-state index >= 15 is 0 Å². The van der Waals surface area contributed by atoms with Crippen LogP contribution < -0.4 is 4.74 Å². The predicted molar refractivity (Wildman–Crippen MR) is 74.6 cm³/mol. The summed E-state index contributed by atoms with van der Waals surface area (Å²) in [5.41, 5.74) is 2.35. The second-order valence-corrected chi connectivity index (χ2v) is 4.68. The highest BCUT2D eigenvalue weighted by Crippen LogP contribution is 2.33. The molecule has 4 heteroatoms. The van der Waals surface area contributed by atoms with Gasteiger partial charge in [-0.1, -0.05) is 11.6 Å². The first-order chi connectivity index (χ1) is 8.71. The van der Waals surface area contributed by atoms with Crippen LogP contribution in [0.1, 0.15) is 18.9 Å². The molecule has 0 radical (unpaired) electrons. The van der Waals surface area contributed by atoms with Crippen LogP contribution >= 0.6 is 11.6 Å². The van der Waals surface area contributed by atoms with Gasteiger partial charge in [-0.2, -0.15) is 0 Å². The second kappa shape index (κ2) is 5.63. The van der Waals surface area contributed by atoms with Crippen LogP contribution in [0.3, 0.4) is 0 Å². The summed E-state index contributed by atoms with van der Waals surface area (Å²) in [5, 5.41) is 10.7. The molecule has 1 aromatic carbocycles. The van der Waals surface area contributed by atoms with Crippen molar-refractivity contribution in [2.75, 3.05) is 13.7 Å². The summed E-state index contributed by atoms with van der Waals surface area (Å²) in [7, 11) is 1.62. The molecule has 0 aliphatic heterocycles. The van der Waals surface area contributed by atoms with Gasteiger partial charge in [-0.15, -0.1) is 0 Å². The van der Waals surface area contributed by atoms with E-state index in [0.29, 0.717) is 10.8 Å². The van der Waals surface area contributed by atoms with E-state index in [1.54, 1.807) is 7.11 Å². The van der Waals surface area contributed by atoms with Gasteiger partial charge in [0.25, 0.3) is 0 Å². The van der Waals surface area contributed by atoms with E-state index in [4.69, 9.17) is 21.4 Å². The third-order valence-electron chi connectivity index (χ3n) is 3.18. The largest absolute Gasteiger partial charge is 0.495 e. The third kappa shape index (κ3) is 2.33. The molecule has 0 aliphatic rings. The standard InChI is InChI=1S/C14H18ClNO2/c1-3-16-9-10(5-4-6-17)11-7-14(18-2)12(15)8-13(11)16/h7-9,17H,3-6H2,1-2H3. The Labute approximate surface area is 112 Å². The number of fused-ring (bicyclic) bond motifs is 1. The highest BCUT2D eigenvalue weighted by atomic mass is 35.5. The van der Waals surface area contributed by atoms with Crippen molar-refractivity contribution in [3.63, 3.8) is 0 Å². The number of aromatic nitrogens is 1. The highest BCUT2D eigenvalue weighted by Gasteiger charge is 2.11. The summed E-state index contributed by atoms with van der Waals surface area (Å²) in [5.74, 6) is 0.697. The number of aliphatic hydroxyl groups excluding tert-OH is 1. The number of aliphatic hydroxyl groups is 1. The van der Waals surface area contributed by atoms with Crippen LogP contribution in [0.2, 0.25) is 5.02 Å². The molecule has 2 rings (SSSR count). The van der Waals surface area contributed by atoms with E-state index in [1.165, 1.54) is 5.56 Å². The van der Waals surface area contributed by atoms with Gasteiger partial charge in [0.05, 0.1) is 17.6 Å². The zero-order valence-corrected chi connectivity index (χ0v) is 11.5. The van der Waals surface area contributed by atoms with Gasteiger partial charge in [-0.3, -0.25) is 0 Å². The Morgan fingerprint density at radius 3 is 2.78 bits per heavy atom. The van der Waals surface area contributed by atoms with E-state index in [2.05, 4.69) is 17.7 Å². The first kappa shape index (κ1) is 13.2. The Hall–Kier alpha value is -1.19. The Bertz CT molecular complexity index is 548. The minimum atomic E-state index is 0.212. The van der Waals surface area contributed by atoms with Crippen LogP contribution in [0.4, 0.5) is 0 Å². The predicted octanol–water partition coefficient (Wildman–Crippen LogP) is 3.25. The average molecular weight is 268 g/mol. The van der Waals surface area contributed by atoms with E-state index in [-0.39, 0.29) is 6.61 Å². The topological polar surface area (TPSA) is 34.4 Å². The van der Waals surface area contributed by atoms with Crippen molar-refractivity contribution in [3.8, 4) is 5.75 Å². The number of hydrogen-bond donors (Lipinski definition) is 1. The Morgan fingerprint density at radius 2 is 2.17 bits per heavy atom. The van der Waals surface area contributed by atoms with Gasteiger partial charge in [0.15, 0.2) is 0 Å². The summed E-state index contributed by atoms with van der Waals surface area (Å²) < 4.78 is 7.44. The molecule has 1 N–H and O–H groups in total. The van der Waals surface area contributed by atoms with Crippen molar-refractivity contribution in [2.45, 2.75) is 26.3 Å². The summed E-state index contributed by atoms with van der Waals surface area (Å²) in [6, 6.07) is 3.93. The smallest absolute Gasteiger partial charge is 0.138 e. The van der Waals surface area contributed by atoms with Crippen molar-refractivity contribution in [1.29, 1.82) is 0 Å². The molecule has 0 saturated heterocycles. The summed E-state index contributed by atoms with van der Waals surface area (Å²) >= 11 is 6.17. The SMILES string of the molecule is CCn1cc(CCCO)c2cc(OC)c(Cl)cc21. The third-order valence-corrected chi connectivity index (χ3v) is 3.48. The van der Waals surface area contributed by atoms with Crippen molar-refractivity contribution in [1.82, 2.24) is 4.57 Å². The monoisotopic (exact) mass is 267 g/mol. The van der Waals surface area contributed by atoms with Crippen molar-refractivity contribution in [3.05, 3.63) is 28.9 Å². The summed E-state index contributed by atoms with van der Waals surface area (Å²) in [6.07, 6.45) is 3.77. The molecule has 0 amide bonds. The molecule has 98 valence electrons. The number of rotatable bonds is 5. The first-order valence-corrected chi connectivity index (χ1v) is 6.55. The van der Waals surface area contributed by atoms with E-state index in [0.717, 1.165) is 30.3 Å². The van der Waals surface area contributed by atoms with Gasteiger partial charge < -0.3 is 14.4 Å². The molecule has 2 aromatic rings. The lowest BCUT2D eigenvalue weighted by Gasteiger charge is -2.05. The maximum atomic E-state index is 8.96. The lowest BCUT2D eigenvalue weighted by Crippen LogP contribution is -1.91. The summed E-state index contributed by atoms with van der Waals surface area (Å²) in [4.78, 5) is 0. The number of nitrogens with zero attached hydrogens (tertiary/aromatic N) is 1. The van der Waals surface area contributed by atoms with Crippen LogP contribution in [0.25, 0.3) is 10.9 Å². The zero-order valence-electron chi connectivity index (χ0n) is 10.7. The van der Waals surface area contributed by atoms with E-state index < -0.39 is 0 Å². The Morgan fingerprint density at radius 1 is 1.39 bits per heavy atom. The maximum Gasteiger partial charge on any atom is 0.138 e. The fourth-order valence-electron chi connectivity index (χ4n) is 2.25. The number of benzene rings is 1. The van der Waals surface area contributed by atoms with Gasteiger partial charge in [-0.05, 0) is 37.5 Å². The average Bonchev–Trinajstić information content (AvgIpc) is 2.72. The van der Waals surface area contributed by atoms with Crippen LogP contribution in [-0.2, 0) is 13.0 Å². The normalized spacial score (nSPS) is 11.1. The van der Waals surface area contributed by atoms with Crippen molar-refractivity contribution < 1.29 is 9.84 Å².